The van der Waals surface area contributed by atoms with Crippen LogP contribution >= 0.6 is 0 Å². The van der Waals surface area contributed by atoms with Crippen molar-refractivity contribution >= 4 is 5.69 Å². The van der Waals surface area contributed by atoms with E-state index in [4.69, 9.17) is 15.2 Å². The van der Waals surface area contributed by atoms with Gasteiger partial charge in [-0.15, -0.1) is 0 Å². The Morgan fingerprint density at radius 2 is 1.83 bits per heavy atom. The Labute approximate surface area is 110 Å². The zero-order chi connectivity index (χ0) is 13.4. The van der Waals surface area contributed by atoms with Gasteiger partial charge < -0.3 is 15.2 Å². The number of anilines is 1. The minimum atomic E-state index is 0.483. The number of rotatable bonds is 8. The first-order chi connectivity index (χ1) is 8.65. The summed E-state index contributed by atoms with van der Waals surface area (Å²) >= 11 is 0. The number of nitrogens with zero attached hydrogens (tertiary/aromatic N) is 1. The van der Waals surface area contributed by atoms with Crippen LogP contribution in [0.15, 0.2) is 24.3 Å². The van der Waals surface area contributed by atoms with Crippen molar-refractivity contribution in [2.24, 2.45) is 0 Å². The van der Waals surface area contributed by atoms with Crippen molar-refractivity contribution in [1.29, 1.82) is 0 Å². The average Bonchev–Trinajstić information content (AvgIpc) is 2.35. The standard InChI is InChI=1S/C14H24N2O2/c1-12(2)16(8-10-17-3)9-11-18-14-7-5-4-6-13(14)15/h4-7,12H,8-11,15H2,1-3H3. The molecular formula is C14H24N2O2. The summed E-state index contributed by atoms with van der Waals surface area (Å²) in [5, 5.41) is 0. The van der Waals surface area contributed by atoms with E-state index in [0.717, 1.165) is 25.4 Å². The molecule has 4 heteroatoms. The van der Waals surface area contributed by atoms with Crippen LogP contribution in [0.4, 0.5) is 5.69 Å². The molecule has 0 aliphatic carbocycles. The van der Waals surface area contributed by atoms with Crippen molar-refractivity contribution in [2.45, 2.75) is 19.9 Å². The molecular weight excluding hydrogens is 228 g/mol. The molecule has 0 aromatic heterocycles. The summed E-state index contributed by atoms with van der Waals surface area (Å²) in [6.07, 6.45) is 0. The smallest absolute Gasteiger partial charge is 0.142 e. The summed E-state index contributed by atoms with van der Waals surface area (Å²) in [5.41, 5.74) is 6.50. The number of nitrogens with two attached hydrogens (primary N) is 1. The van der Waals surface area contributed by atoms with Gasteiger partial charge in [-0.25, -0.2) is 0 Å². The first kappa shape index (κ1) is 14.8. The predicted molar refractivity (Wildman–Crippen MR) is 74.9 cm³/mol. The molecule has 0 saturated heterocycles. The van der Waals surface area contributed by atoms with Crippen LogP contribution < -0.4 is 10.5 Å². The van der Waals surface area contributed by atoms with Gasteiger partial charge in [0.15, 0.2) is 0 Å². The van der Waals surface area contributed by atoms with Gasteiger partial charge in [0, 0.05) is 26.2 Å². The zero-order valence-electron chi connectivity index (χ0n) is 11.6. The summed E-state index contributed by atoms with van der Waals surface area (Å²) in [4.78, 5) is 2.32. The molecule has 0 aliphatic heterocycles. The van der Waals surface area contributed by atoms with E-state index < -0.39 is 0 Å². The lowest BCUT2D eigenvalue weighted by molar-refractivity contribution is 0.116. The van der Waals surface area contributed by atoms with Crippen LogP contribution in [0.1, 0.15) is 13.8 Å². The molecule has 0 spiro atoms. The number of hydrogen-bond acceptors (Lipinski definition) is 4. The third-order valence-electron chi connectivity index (χ3n) is 2.87. The van der Waals surface area contributed by atoms with Gasteiger partial charge in [0.1, 0.15) is 12.4 Å². The molecule has 0 fully saturated rings. The van der Waals surface area contributed by atoms with Gasteiger partial charge in [0.2, 0.25) is 0 Å². The molecule has 0 aliphatic rings. The van der Waals surface area contributed by atoms with Crippen LogP contribution in [0.3, 0.4) is 0 Å². The van der Waals surface area contributed by atoms with Crippen molar-refractivity contribution in [3.8, 4) is 5.75 Å². The predicted octanol–water partition coefficient (Wildman–Crippen LogP) is 2.00. The van der Waals surface area contributed by atoms with E-state index >= 15 is 0 Å². The van der Waals surface area contributed by atoms with Crippen LogP contribution in [0, 0.1) is 0 Å². The molecule has 0 heterocycles. The van der Waals surface area contributed by atoms with Crippen LogP contribution in [-0.2, 0) is 4.74 Å². The minimum absolute atomic E-state index is 0.483. The summed E-state index contributed by atoms with van der Waals surface area (Å²) in [5.74, 6) is 0.757. The van der Waals surface area contributed by atoms with Crippen molar-refractivity contribution in [1.82, 2.24) is 4.90 Å². The second kappa shape index (κ2) is 7.95. The van der Waals surface area contributed by atoms with Gasteiger partial charge in [-0.1, -0.05) is 12.1 Å². The molecule has 1 rings (SSSR count). The second-order valence-corrected chi connectivity index (χ2v) is 4.51. The van der Waals surface area contributed by atoms with Gasteiger partial charge in [0.05, 0.1) is 12.3 Å². The van der Waals surface area contributed by atoms with Gasteiger partial charge >= 0.3 is 0 Å². The Morgan fingerprint density at radius 3 is 2.44 bits per heavy atom. The van der Waals surface area contributed by atoms with Gasteiger partial charge in [-0.2, -0.15) is 0 Å². The largest absolute Gasteiger partial charge is 0.490 e. The quantitative estimate of drug-likeness (QED) is 0.719. The average molecular weight is 252 g/mol. The number of nitrogen functional groups attached to an aromatic ring is 1. The number of benzene rings is 1. The second-order valence-electron chi connectivity index (χ2n) is 4.51. The normalized spacial score (nSPS) is 11.2. The molecule has 1 aromatic carbocycles. The van der Waals surface area contributed by atoms with E-state index in [0.29, 0.717) is 18.3 Å². The van der Waals surface area contributed by atoms with E-state index in [-0.39, 0.29) is 0 Å². The van der Waals surface area contributed by atoms with E-state index in [1.54, 1.807) is 7.11 Å². The summed E-state index contributed by atoms with van der Waals surface area (Å²) in [6, 6.07) is 8.06. The lowest BCUT2D eigenvalue weighted by Crippen LogP contribution is -2.37. The fourth-order valence-corrected chi connectivity index (χ4v) is 1.72. The number of ether oxygens (including phenoxy) is 2. The number of para-hydroxylation sites is 2. The lowest BCUT2D eigenvalue weighted by atomic mass is 10.3. The summed E-state index contributed by atoms with van der Waals surface area (Å²) in [7, 11) is 1.72. The van der Waals surface area contributed by atoms with Crippen molar-refractivity contribution < 1.29 is 9.47 Å². The highest BCUT2D eigenvalue weighted by Crippen LogP contribution is 2.19. The maximum Gasteiger partial charge on any atom is 0.142 e. The molecule has 102 valence electrons. The Balaban J connectivity index is 2.36. The molecule has 0 radical (unpaired) electrons. The van der Waals surface area contributed by atoms with E-state index in [9.17, 15) is 0 Å². The molecule has 0 amide bonds. The summed E-state index contributed by atoms with van der Waals surface area (Å²) in [6.45, 7) is 7.51. The maximum absolute atomic E-state index is 5.82. The van der Waals surface area contributed by atoms with E-state index in [2.05, 4.69) is 18.7 Å². The fourth-order valence-electron chi connectivity index (χ4n) is 1.72. The Hall–Kier alpha value is -1.26. The third-order valence-corrected chi connectivity index (χ3v) is 2.87. The fraction of sp³-hybridized carbons (Fsp3) is 0.571. The highest BCUT2D eigenvalue weighted by molar-refractivity contribution is 5.51. The van der Waals surface area contributed by atoms with E-state index in [1.807, 2.05) is 24.3 Å². The molecule has 0 unspecified atom stereocenters. The topological polar surface area (TPSA) is 47.7 Å². The van der Waals surface area contributed by atoms with Crippen LogP contribution in [0.25, 0.3) is 0 Å². The van der Waals surface area contributed by atoms with Gasteiger partial charge in [-0.3, -0.25) is 4.90 Å². The van der Waals surface area contributed by atoms with Crippen molar-refractivity contribution in [2.75, 3.05) is 39.1 Å². The van der Waals surface area contributed by atoms with Crippen LogP contribution in [0.2, 0.25) is 0 Å². The van der Waals surface area contributed by atoms with Gasteiger partial charge in [-0.05, 0) is 26.0 Å². The molecule has 2 N–H and O–H groups in total. The molecule has 0 atom stereocenters. The Morgan fingerprint density at radius 1 is 1.17 bits per heavy atom. The SMILES string of the molecule is COCCN(CCOc1ccccc1N)C(C)C. The third kappa shape index (κ3) is 4.94. The van der Waals surface area contributed by atoms with Crippen LogP contribution in [-0.4, -0.2) is 44.4 Å². The maximum atomic E-state index is 5.82. The van der Waals surface area contributed by atoms with Crippen molar-refractivity contribution in [3.05, 3.63) is 24.3 Å². The highest BCUT2D eigenvalue weighted by atomic mass is 16.5. The molecule has 4 nitrogen and oxygen atoms in total. The Bertz CT molecular complexity index is 342. The first-order valence-electron chi connectivity index (χ1n) is 6.35. The minimum Gasteiger partial charge on any atom is -0.490 e. The number of hydrogen-bond donors (Lipinski definition) is 1. The highest BCUT2D eigenvalue weighted by Gasteiger charge is 2.09. The first-order valence-corrected chi connectivity index (χ1v) is 6.35. The van der Waals surface area contributed by atoms with Crippen LogP contribution in [0.5, 0.6) is 5.75 Å². The molecule has 0 bridgehead atoms. The Kier molecular flexibility index (Phi) is 6.54. The number of methoxy groups -OCH3 is 1. The monoisotopic (exact) mass is 252 g/mol. The molecule has 18 heavy (non-hydrogen) atoms. The van der Waals surface area contributed by atoms with Gasteiger partial charge in [0.25, 0.3) is 0 Å². The lowest BCUT2D eigenvalue weighted by Gasteiger charge is -2.26. The zero-order valence-corrected chi connectivity index (χ0v) is 11.6. The molecule has 0 saturated carbocycles. The summed E-state index contributed by atoms with van der Waals surface area (Å²) < 4.78 is 10.8. The molecule has 1 aromatic rings. The van der Waals surface area contributed by atoms with E-state index in [1.165, 1.54) is 0 Å². The van der Waals surface area contributed by atoms with Crippen molar-refractivity contribution in [3.63, 3.8) is 0 Å².